The average Bonchev–Trinajstić information content (AvgIpc) is 2.86. The highest BCUT2D eigenvalue weighted by molar-refractivity contribution is 9.11. The lowest BCUT2D eigenvalue weighted by molar-refractivity contribution is 0.0652. The number of fused-ring (bicyclic) bond motifs is 1. The van der Waals surface area contributed by atoms with Gasteiger partial charge >= 0.3 is 0 Å². The second-order valence-corrected chi connectivity index (χ2v) is 7.25. The maximum absolute atomic E-state index is 12.1. The Morgan fingerprint density at radius 3 is 2.47 bits per heavy atom. The van der Waals surface area contributed by atoms with Gasteiger partial charge in [-0.15, -0.1) is 11.3 Å². The molecule has 19 heavy (non-hydrogen) atoms. The van der Waals surface area contributed by atoms with Gasteiger partial charge in [0, 0.05) is 6.54 Å². The number of amides is 2. The van der Waals surface area contributed by atoms with Crippen molar-refractivity contribution >= 4 is 39.1 Å². The largest absolute Gasteiger partial charge is 0.274 e. The smallest absolute Gasteiger partial charge is 0.271 e. The highest BCUT2D eigenvalue weighted by atomic mass is 79.9. The first-order chi connectivity index (χ1) is 9.15. The summed E-state index contributed by atoms with van der Waals surface area (Å²) in [7, 11) is 0. The second kappa shape index (κ2) is 6.66. The van der Waals surface area contributed by atoms with Crippen molar-refractivity contribution in [3.05, 3.63) is 20.3 Å². The fourth-order valence-corrected chi connectivity index (χ4v) is 3.83. The van der Waals surface area contributed by atoms with Gasteiger partial charge in [0.2, 0.25) is 0 Å². The van der Waals surface area contributed by atoms with Crippen LogP contribution in [0.4, 0.5) is 0 Å². The van der Waals surface area contributed by atoms with Gasteiger partial charge in [-0.3, -0.25) is 14.5 Å². The molecule has 0 atom stereocenters. The zero-order valence-corrected chi connectivity index (χ0v) is 13.5. The van der Waals surface area contributed by atoms with Gasteiger partial charge in [0.15, 0.2) is 0 Å². The van der Waals surface area contributed by atoms with Gasteiger partial charge in [-0.25, -0.2) is 0 Å². The van der Waals surface area contributed by atoms with Crippen LogP contribution in [0.1, 0.15) is 65.5 Å². The van der Waals surface area contributed by atoms with Gasteiger partial charge in [-0.05, 0) is 28.4 Å². The third-order valence-electron chi connectivity index (χ3n) is 3.35. The van der Waals surface area contributed by atoms with E-state index in [1.54, 1.807) is 6.07 Å². The van der Waals surface area contributed by atoms with Crippen molar-refractivity contribution in [2.75, 3.05) is 6.54 Å². The van der Waals surface area contributed by atoms with E-state index in [2.05, 4.69) is 22.9 Å². The third kappa shape index (κ3) is 3.26. The summed E-state index contributed by atoms with van der Waals surface area (Å²) in [6, 6.07) is 1.75. The van der Waals surface area contributed by atoms with E-state index in [1.165, 1.54) is 41.9 Å². The summed E-state index contributed by atoms with van der Waals surface area (Å²) in [5.74, 6) is -0.250. The molecule has 1 aliphatic rings. The van der Waals surface area contributed by atoms with Crippen LogP contribution < -0.4 is 0 Å². The van der Waals surface area contributed by atoms with Crippen LogP contribution in [-0.4, -0.2) is 23.3 Å². The van der Waals surface area contributed by atoms with Crippen molar-refractivity contribution < 1.29 is 9.59 Å². The topological polar surface area (TPSA) is 37.4 Å². The quantitative estimate of drug-likeness (QED) is 0.541. The molecule has 0 aliphatic carbocycles. The molecule has 0 fully saturated rings. The zero-order chi connectivity index (χ0) is 13.8. The van der Waals surface area contributed by atoms with Gasteiger partial charge in [0.25, 0.3) is 11.8 Å². The lowest BCUT2D eigenvalue weighted by Gasteiger charge is -2.13. The van der Waals surface area contributed by atoms with Crippen molar-refractivity contribution in [1.82, 2.24) is 4.90 Å². The van der Waals surface area contributed by atoms with E-state index in [0.29, 0.717) is 17.0 Å². The molecule has 0 aromatic carbocycles. The van der Waals surface area contributed by atoms with Crippen molar-refractivity contribution in [2.45, 2.75) is 45.4 Å². The highest BCUT2D eigenvalue weighted by Gasteiger charge is 2.37. The normalized spacial score (nSPS) is 14.3. The number of thiophene rings is 1. The number of nitrogens with zero attached hydrogens (tertiary/aromatic N) is 1. The van der Waals surface area contributed by atoms with Crippen molar-refractivity contribution in [3.63, 3.8) is 0 Å². The Kier molecular flexibility index (Phi) is 5.16. The molecular weight excluding hydrogens is 326 g/mol. The Morgan fingerprint density at radius 2 is 1.79 bits per heavy atom. The second-order valence-electron chi connectivity index (χ2n) is 4.82. The van der Waals surface area contributed by atoms with Gasteiger partial charge in [0.05, 0.1) is 9.35 Å². The van der Waals surface area contributed by atoms with Gasteiger partial charge in [-0.1, -0.05) is 39.0 Å². The maximum atomic E-state index is 12.1. The number of rotatable bonds is 7. The summed E-state index contributed by atoms with van der Waals surface area (Å²) in [4.78, 5) is 26.1. The van der Waals surface area contributed by atoms with Crippen LogP contribution in [0.15, 0.2) is 9.85 Å². The molecule has 104 valence electrons. The lowest BCUT2D eigenvalue weighted by atomic mass is 10.1. The SMILES string of the molecule is CCCCCCCCN1C(=O)c2cc(Br)sc2C1=O. The van der Waals surface area contributed by atoms with E-state index in [9.17, 15) is 9.59 Å². The van der Waals surface area contributed by atoms with E-state index in [0.717, 1.165) is 16.6 Å². The number of unbranched alkanes of at least 4 members (excludes halogenated alkanes) is 5. The predicted octanol–water partition coefficient (Wildman–Crippen LogP) is 4.47. The monoisotopic (exact) mass is 343 g/mol. The number of carbonyl (C=O) groups excluding carboxylic acids is 2. The maximum Gasteiger partial charge on any atom is 0.271 e. The first-order valence-electron chi connectivity index (χ1n) is 6.80. The van der Waals surface area contributed by atoms with Crippen LogP contribution in [0.2, 0.25) is 0 Å². The lowest BCUT2D eigenvalue weighted by Crippen LogP contribution is -2.30. The minimum atomic E-state index is -0.129. The Bertz CT molecular complexity index is 450. The molecule has 0 radical (unpaired) electrons. The molecule has 0 saturated carbocycles. The fraction of sp³-hybridized carbons (Fsp3) is 0.571. The van der Waals surface area contributed by atoms with E-state index in [4.69, 9.17) is 0 Å². The summed E-state index contributed by atoms with van der Waals surface area (Å²) in [6.07, 6.45) is 6.95. The zero-order valence-electron chi connectivity index (χ0n) is 11.1. The van der Waals surface area contributed by atoms with Crippen molar-refractivity contribution in [2.24, 2.45) is 0 Å². The number of hydrogen-bond donors (Lipinski definition) is 0. The minimum absolute atomic E-state index is 0.121. The Labute approximate surface area is 126 Å². The third-order valence-corrected chi connectivity index (χ3v) is 4.98. The average molecular weight is 344 g/mol. The van der Waals surface area contributed by atoms with Crippen LogP contribution in [0.3, 0.4) is 0 Å². The van der Waals surface area contributed by atoms with Crippen LogP contribution in [0.5, 0.6) is 0 Å². The molecule has 0 unspecified atom stereocenters. The van der Waals surface area contributed by atoms with Gasteiger partial charge < -0.3 is 0 Å². The van der Waals surface area contributed by atoms with Gasteiger partial charge in [-0.2, -0.15) is 0 Å². The van der Waals surface area contributed by atoms with E-state index in [1.807, 2.05) is 0 Å². The van der Waals surface area contributed by atoms with Gasteiger partial charge in [0.1, 0.15) is 4.88 Å². The molecule has 5 heteroatoms. The molecule has 1 aromatic heterocycles. The summed E-state index contributed by atoms with van der Waals surface area (Å²) in [6.45, 7) is 2.75. The number of hydrogen-bond acceptors (Lipinski definition) is 3. The Morgan fingerprint density at radius 1 is 1.11 bits per heavy atom. The van der Waals surface area contributed by atoms with Crippen LogP contribution >= 0.6 is 27.3 Å². The highest BCUT2D eigenvalue weighted by Crippen LogP contribution is 2.34. The Hall–Kier alpha value is -0.680. The number of imide groups is 1. The molecule has 3 nitrogen and oxygen atoms in total. The summed E-state index contributed by atoms with van der Waals surface area (Å²) < 4.78 is 0.846. The summed E-state index contributed by atoms with van der Waals surface area (Å²) >= 11 is 4.66. The molecule has 1 aliphatic heterocycles. The summed E-state index contributed by atoms with van der Waals surface area (Å²) in [5, 5.41) is 0. The molecule has 0 spiro atoms. The van der Waals surface area contributed by atoms with E-state index >= 15 is 0 Å². The molecule has 1 aromatic rings. The summed E-state index contributed by atoms with van der Waals surface area (Å²) in [5.41, 5.74) is 0.563. The fourth-order valence-electron chi connectivity index (χ4n) is 2.29. The van der Waals surface area contributed by atoms with Crippen molar-refractivity contribution in [1.29, 1.82) is 0 Å². The van der Waals surface area contributed by atoms with Crippen molar-refractivity contribution in [3.8, 4) is 0 Å². The number of carbonyl (C=O) groups is 2. The van der Waals surface area contributed by atoms with Crippen LogP contribution in [0.25, 0.3) is 0 Å². The molecule has 2 heterocycles. The molecule has 0 bridgehead atoms. The first kappa shape index (κ1) is 14.7. The molecular formula is C14H18BrNO2S. The predicted molar refractivity (Wildman–Crippen MR) is 80.8 cm³/mol. The number of halogens is 1. The minimum Gasteiger partial charge on any atom is -0.274 e. The Balaban J connectivity index is 1.82. The van der Waals surface area contributed by atoms with Crippen LogP contribution in [-0.2, 0) is 0 Å². The molecule has 0 N–H and O–H groups in total. The standard InChI is InChI=1S/C14H18BrNO2S/c1-2-3-4-5-6-7-8-16-13(17)10-9-11(15)19-12(10)14(16)18/h9H,2-8H2,1H3. The van der Waals surface area contributed by atoms with Crippen LogP contribution in [0, 0.1) is 0 Å². The molecule has 2 rings (SSSR count). The molecule has 0 saturated heterocycles. The molecule has 2 amide bonds. The first-order valence-corrected chi connectivity index (χ1v) is 8.41. The van der Waals surface area contributed by atoms with E-state index in [-0.39, 0.29) is 11.8 Å². The van der Waals surface area contributed by atoms with E-state index < -0.39 is 0 Å².